The molecule has 1 saturated carbocycles. The van der Waals surface area contributed by atoms with Crippen molar-refractivity contribution in [1.29, 1.82) is 0 Å². The Morgan fingerprint density at radius 2 is 2.00 bits per heavy atom. The average molecular weight is 298 g/mol. The highest BCUT2D eigenvalue weighted by Crippen LogP contribution is 2.25. The van der Waals surface area contributed by atoms with Gasteiger partial charge in [0, 0.05) is 32.5 Å². The van der Waals surface area contributed by atoms with Crippen molar-refractivity contribution in [2.45, 2.75) is 63.5 Å². The van der Waals surface area contributed by atoms with Crippen molar-refractivity contribution in [3.63, 3.8) is 0 Å². The first-order valence-corrected chi connectivity index (χ1v) is 8.33. The maximum atomic E-state index is 11.6. The van der Waals surface area contributed by atoms with Crippen LogP contribution in [0.4, 0.5) is 0 Å². The van der Waals surface area contributed by atoms with Gasteiger partial charge in [-0.1, -0.05) is 0 Å². The number of ether oxygens (including phenoxy) is 2. The number of amides is 1. The molecule has 5 heteroatoms. The minimum atomic E-state index is -0.554. The second-order valence-corrected chi connectivity index (χ2v) is 6.70. The fraction of sp³-hybridized carbons (Fsp3) is 0.938. The number of carbonyl (C=O) groups is 1. The summed E-state index contributed by atoms with van der Waals surface area (Å²) >= 11 is 0. The number of hydrogen-bond donors (Lipinski definition) is 2. The molecule has 0 aromatic carbocycles. The summed E-state index contributed by atoms with van der Waals surface area (Å²) in [5, 5.41) is 3.38. The molecule has 0 spiro atoms. The summed E-state index contributed by atoms with van der Waals surface area (Å²) in [5.74, 6) is 0.420. The van der Waals surface area contributed by atoms with E-state index in [1.807, 2.05) is 6.92 Å². The van der Waals surface area contributed by atoms with Crippen molar-refractivity contribution in [3.8, 4) is 0 Å². The standard InChI is InChI=1S/C16H30N2O3/c1-16(15(17)19,18-14-4-5-14)8-2-3-9-21-12-13-6-10-20-11-7-13/h13-14,18H,2-12H2,1H3,(H2,17,19). The summed E-state index contributed by atoms with van der Waals surface area (Å²) in [6, 6.07) is 0.493. The van der Waals surface area contributed by atoms with E-state index in [0.29, 0.717) is 12.0 Å². The van der Waals surface area contributed by atoms with Crippen LogP contribution in [-0.2, 0) is 14.3 Å². The third kappa shape index (κ3) is 5.93. The van der Waals surface area contributed by atoms with Crippen molar-refractivity contribution in [2.75, 3.05) is 26.4 Å². The summed E-state index contributed by atoms with van der Waals surface area (Å²) in [4.78, 5) is 11.6. The molecule has 1 amide bonds. The molecule has 1 atom stereocenters. The SMILES string of the molecule is CC(CCCCOCC1CCOCC1)(NC1CC1)C(N)=O. The van der Waals surface area contributed by atoms with Crippen molar-refractivity contribution in [1.82, 2.24) is 5.32 Å². The molecule has 2 aliphatic rings. The fourth-order valence-electron chi connectivity index (χ4n) is 2.79. The maximum absolute atomic E-state index is 11.6. The first kappa shape index (κ1) is 16.7. The monoisotopic (exact) mass is 298 g/mol. The largest absolute Gasteiger partial charge is 0.381 e. The second-order valence-electron chi connectivity index (χ2n) is 6.70. The summed E-state index contributed by atoms with van der Waals surface area (Å²) in [6.07, 6.45) is 7.30. The minimum absolute atomic E-state index is 0.238. The smallest absolute Gasteiger partial charge is 0.237 e. The number of primary amides is 1. The molecule has 21 heavy (non-hydrogen) atoms. The highest BCUT2D eigenvalue weighted by molar-refractivity contribution is 5.84. The molecule has 0 radical (unpaired) electrons. The van der Waals surface area contributed by atoms with E-state index < -0.39 is 5.54 Å². The molecule has 0 bridgehead atoms. The third-order valence-corrected chi connectivity index (χ3v) is 4.55. The molecule has 0 aromatic rings. The first-order valence-electron chi connectivity index (χ1n) is 8.33. The van der Waals surface area contributed by atoms with E-state index in [1.54, 1.807) is 0 Å². The van der Waals surface area contributed by atoms with E-state index in [-0.39, 0.29) is 5.91 Å². The summed E-state index contributed by atoms with van der Waals surface area (Å²) in [7, 11) is 0. The van der Waals surface area contributed by atoms with Crippen LogP contribution in [-0.4, -0.2) is 43.9 Å². The van der Waals surface area contributed by atoms with E-state index in [2.05, 4.69) is 5.32 Å². The Balaban J connectivity index is 1.53. The van der Waals surface area contributed by atoms with Crippen LogP contribution in [0.3, 0.4) is 0 Å². The molecule has 2 rings (SSSR count). The molecule has 3 N–H and O–H groups in total. The normalized spacial score (nSPS) is 22.9. The van der Waals surface area contributed by atoms with Crippen molar-refractivity contribution >= 4 is 5.91 Å². The third-order valence-electron chi connectivity index (χ3n) is 4.55. The van der Waals surface area contributed by atoms with Crippen molar-refractivity contribution in [2.24, 2.45) is 11.7 Å². The van der Waals surface area contributed by atoms with Gasteiger partial charge in [-0.2, -0.15) is 0 Å². The van der Waals surface area contributed by atoms with Crippen LogP contribution < -0.4 is 11.1 Å². The number of carbonyl (C=O) groups excluding carboxylic acids is 1. The van der Waals surface area contributed by atoms with Gasteiger partial charge >= 0.3 is 0 Å². The van der Waals surface area contributed by atoms with Crippen LogP contribution in [0.5, 0.6) is 0 Å². The van der Waals surface area contributed by atoms with E-state index in [0.717, 1.165) is 71.4 Å². The van der Waals surface area contributed by atoms with E-state index in [1.165, 1.54) is 0 Å². The Hall–Kier alpha value is -0.650. The summed E-state index contributed by atoms with van der Waals surface area (Å²) < 4.78 is 11.1. The number of hydrogen-bond acceptors (Lipinski definition) is 4. The maximum Gasteiger partial charge on any atom is 0.237 e. The second kappa shape index (κ2) is 8.11. The van der Waals surface area contributed by atoms with E-state index in [4.69, 9.17) is 15.2 Å². The predicted molar refractivity (Wildman–Crippen MR) is 82.0 cm³/mol. The molecule has 2 fully saturated rings. The molecular formula is C16H30N2O3. The van der Waals surface area contributed by atoms with Crippen LogP contribution in [0.2, 0.25) is 0 Å². The van der Waals surface area contributed by atoms with Gasteiger partial charge in [0.15, 0.2) is 0 Å². The molecule has 0 aromatic heterocycles. The predicted octanol–water partition coefficient (Wildman–Crippen LogP) is 1.60. The van der Waals surface area contributed by atoms with Gasteiger partial charge in [0.1, 0.15) is 0 Å². The lowest BCUT2D eigenvalue weighted by atomic mass is 9.94. The molecule has 5 nitrogen and oxygen atoms in total. The van der Waals surface area contributed by atoms with Crippen LogP contribution in [0.25, 0.3) is 0 Å². The van der Waals surface area contributed by atoms with Gasteiger partial charge in [0.2, 0.25) is 5.91 Å². The van der Waals surface area contributed by atoms with Crippen molar-refractivity contribution in [3.05, 3.63) is 0 Å². The van der Waals surface area contributed by atoms with Gasteiger partial charge in [0.05, 0.1) is 5.54 Å². The van der Waals surface area contributed by atoms with Crippen molar-refractivity contribution < 1.29 is 14.3 Å². The highest BCUT2D eigenvalue weighted by Gasteiger charge is 2.36. The van der Waals surface area contributed by atoms with Gasteiger partial charge in [0.25, 0.3) is 0 Å². The van der Waals surface area contributed by atoms with Crippen LogP contribution in [0.15, 0.2) is 0 Å². The molecule has 1 saturated heterocycles. The Morgan fingerprint density at radius 1 is 1.29 bits per heavy atom. The number of rotatable bonds is 10. The fourth-order valence-corrected chi connectivity index (χ4v) is 2.79. The minimum Gasteiger partial charge on any atom is -0.381 e. The number of unbranched alkanes of at least 4 members (excludes halogenated alkanes) is 1. The Morgan fingerprint density at radius 3 is 2.62 bits per heavy atom. The lowest BCUT2D eigenvalue weighted by molar-refractivity contribution is -0.124. The first-order chi connectivity index (χ1) is 10.1. The zero-order valence-electron chi connectivity index (χ0n) is 13.2. The van der Waals surface area contributed by atoms with Crippen LogP contribution >= 0.6 is 0 Å². The molecule has 1 unspecified atom stereocenters. The van der Waals surface area contributed by atoms with Gasteiger partial charge in [-0.15, -0.1) is 0 Å². The molecule has 1 heterocycles. The van der Waals surface area contributed by atoms with Crippen LogP contribution in [0, 0.1) is 5.92 Å². The highest BCUT2D eigenvalue weighted by atomic mass is 16.5. The summed E-state index contributed by atoms with van der Waals surface area (Å²) in [6.45, 7) is 5.29. The number of nitrogens with two attached hydrogens (primary N) is 1. The Bertz CT molecular complexity index is 327. The molecule has 1 aliphatic heterocycles. The molecule has 122 valence electrons. The molecular weight excluding hydrogens is 268 g/mol. The van der Waals surface area contributed by atoms with E-state index >= 15 is 0 Å². The van der Waals surface area contributed by atoms with Gasteiger partial charge in [-0.3, -0.25) is 4.79 Å². The van der Waals surface area contributed by atoms with E-state index in [9.17, 15) is 4.79 Å². The lowest BCUT2D eigenvalue weighted by Gasteiger charge is -2.27. The average Bonchev–Trinajstić information content (AvgIpc) is 3.27. The van der Waals surface area contributed by atoms with Gasteiger partial charge < -0.3 is 20.5 Å². The quantitative estimate of drug-likeness (QED) is 0.601. The van der Waals surface area contributed by atoms with Gasteiger partial charge in [-0.05, 0) is 57.8 Å². The lowest BCUT2D eigenvalue weighted by Crippen LogP contribution is -2.53. The topological polar surface area (TPSA) is 73.6 Å². The van der Waals surface area contributed by atoms with Gasteiger partial charge in [-0.25, -0.2) is 0 Å². The zero-order chi connectivity index (χ0) is 15.1. The zero-order valence-corrected chi connectivity index (χ0v) is 13.2. The Labute approximate surface area is 127 Å². The summed E-state index contributed by atoms with van der Waals surface area (Å²) in [5.41, 5.74) is 4.99. The Kier molecular flexibility index (Phi) is 6.45. The van der Waals surface area contributed by atoms with Crippen LogP contribution in [0.1, 0.15) is 51.9 Å². The number of nitrogens with one attached hydrogen (secondary N) is 1. The molecule has 1 aliphatic carbocycles.